The van der Waals surface area contributed by atoms with Crippen molar-refractivity contribution in [3.05, 3.63) is 24.3 Å². The summed E-state index contributed by atoms with van der Waals surface area (Å²) in [6.45, 7) is 8.27. The third-order valence-electron chi connectivity index (χ3n) is 13.5. The maximum absolute atomic E-state index is 14.9. The number of hydrogen-bond donors (Lipinski definition) is 5. The van der Waals surface area contributed by atoms with Crippen LogP contribution in [-0.2, 0) is 19.2 Å². The highest BCUT2D eigenvalue weighted by Crippen LogP contribution is 2.81. The van der Waals surface area contributed by atoms with E-state index in [4.69, 9.17) is 5.73 Å². The molecule has 1 aromatic heterocycles. The minimum Gasteiger partial charge on any atom is -0.381 e. The second kappa shape index (κ2) is 14.4. The SMILES string of the molecule is C[C@@H]1C2(CCC2)[C@@]12C[C@@H](C(=O)NC(CC1CCC1)C(O)C(N)=O)N(C(=O)[C@@H](NC(=O)[C@@H](NC(=O)c1cnccn1)C1CCCCC1)C(C)(C)C)C2. The van der Waals surface area contributed by atoms with Crippen LogP contribution in [0.4, 0.5) is 0 Å². The number of amides is 5. The fourth-order valence-electron chi connectivity index (χ4n) is 9.92. The van der Waals surface area contributed by atoms with Gasteiger partial charge in [0.05, 0.1) is 12.2 Å². The normalized spacial score (nSPS) is 28.1. The molecule has 2 unspecified atom stereocenters. The highest BCUT2D eigenvalue weighted by atomic mass is 16.3. The van der Waals surface area contributed by atoms with Gasteiger partial charge >= 0.3 is 0 Å². The van der Waals surface area contributed by atoms with Gasteiger partial charge in [-0.25, -0.2) is 4.98 Å². The largest absolute Gasteiger partial charge is 0.381 e. The van der Waals surface area contributed by atoms with Crippen molar-refractivity contribution in [2.45, 2.75) is 141 Å². The topological polar surface area (TPSA) is 197 Å². The molecule has 1 aliphatic heterocycles. The molecule has 0 bridgehead atoms. The lowest BCUT2D eigenvalue weighted by atomic mass is 9.74. The van der Waals surface area contributed by atoms with Crippen molar-refractivity contribution in [1.82, 2.24) is 30.8 Å². The Morgan fingerprint density at radius 2 is 1.67 bits per heavy atom. The van der Waals surface area contributed by atoms with Crippen molar-refractivity contribution in [3.8, 4) is 0 Å². The number of rotatable bonds is 12. The highest BCUT2D eigenvalue weighted by Gasteiger charge is 2.78. The molecule has 51 heavy (non-hydrogen) atoms. The summed E-state index contributed by atoms with van der Waals surface area (Å²) in [5.74, 6) is -2.10. The maximum atomic E-state index is 14.9. The van der Waals surface area contributed by atoms with Gasteiger partial charge in [0.1, 0.15) is 23.8 Å². The predicted octanol–water partition coefficient (Wildman–Crippen LogP) is 2.61. The van der Waals surface area contributed by atoms with Crippen LogP contribution in [0, 0.1) is 34.0 Å². The Kier molecular flexibility index (Phi) is 10.5. The van der Waals surface area contributed by atoms with Crippen molar-refractivity contribution in [2.75, 3.05) is 6.54 Å². The average Bonchev–Trinajstić information content (AvgIpc) is 3.35. The van der Waals surface area contributed by atoms with E-state index in [1.807, 2.05) is 20.8 Å². The zero-order valence-corrected chi connectivity index (χ0v) is 30.7. The van der Waals surface area contributed by atoms with Gasteiger partial charge in [-0.05, 0) is 72.5 Å². The first-order valence-corrected chi connectivity index (χ1v) is 19.1. The number of carbonyl (C=O) groups is 5. The van der Waals surface area contributed by atoms with Crippen LogP contribution in [0.15, 0.2) is 18.6 Å². The van der Waals surface area contributed by atoms with E-state index < -0.39 is 59.3 Å². The molecule has 2 heterocycles. The summed E-state index contributed by atoms with van der Waals surface area (Å²) in [5.41, 5.74) is 4.75. The lowest BCUT2D eigenvalue weighted by Gasteiger charge is -2.38. The zero-order valence-electron chi connectivity index (χ0n) is 30.7. The second-order valence-corrected chi connectivity index (χ2v) is 17.3. The van der Waals surface area contributed by atoms with E-state index in [-0.39, 0.29) is 34.3 Å². The van der Waals surface area contributed by atoms with Crippen LogP contribution in [0.3, 0.4) is 0 Å². The van der Waals surface area contributed by atoms with Gasteiger partial charge in [0, 0.05) is 18.9 Å². The van der Waals surface area contributed by atoms with Gasteiger partial charge in [-0.1, -0.05) is 72.6 Å². The molecule has 4 aliphatic carbocycles. The van der Waals surface area contributed by atoms with Gasteiger partial charge < -0.3 is 31.7 Å². The Bertz CT molecular complexity index is 1480. The number of primary amides is 1. The summed E-state index contributed by atoms with van der Waals surface area (Å²) in [5, 5.41) is 19.7. The highest BCUT2D eigenvalue weighted by molar-refractivity contribution is 5.98. The molecule has 5 aliphatic rings. The van der Waals surface area contributed by atoms with Crippen molar-refractivity contribution in [2.24, 2.45) is 39.7 Å². The van der Waals surface area contributed by atoms with Crippen LogP contribution in [0.25, 0.3) is 0 Å². The molecule has 6 rings (SSSR count). The van der Waals surface area contributed by atoms with E-state index in [1.165, 1.54) is 18.6 Å². The second-order valence-electron chi connectivity index (χ2n) is 17.3. The van der Waals surface area contributed by atoms with Gasteiger partial charge in [-0.3, -0.25) is 29.0 Å². The summed E-state index contributed by atoms with van der Waals surface area (Å²) >= 11 is 0. The van der Waals surface area contributed by atoms with Gasteiger partial charge in [0.25, 0.3) is 5.91 Å². The molecule has 4 saturated carbocycles. The standard InChI is InChI=1S/C38H57N7O6/c1-22-37(14-9-15-37)38(22)19-27(33(49)42-25(29(46)31(39)47)18-23-10-8-11-23)45(21-38)35(51)30(36(2,3)4)44-34(50)28(24-12-6-5-7-13-24)43-32(48)26-20-40-16-17-41-26/h16-17,20,22-25,27-30,46H,5-15,18-19,21H2,1-4H3,(H2,39,47)(H,42,49)(H,43,48)(H,44,50)/t22-,25?,27+,28+,29?,30-,38-/m1/s1. The van der Waals surface area contributed by atoms with E-state index in [9.17, 15) is 29.1 Å². The Morgan fingerprint density at radius 3 is 2.20 bits per heavy atom. The summed E-state index contributed by atoms with van der Waals surface area (Å²) < 4.78 is 0. The van der Waals surface area contributed by atoms with Crippen LogP contribution >= 0.6 is 0 Å². The lowest BCUT2D eigenvalue weighted by Crippen LogP contribution is -2.62. The molecule has 5 amide bonds. The van der Waals surface area contributed by atoms with Crippen molar-refractivity contribution in [3.63, 3.8) is 0 Å². The molecule has 1 aromatic rings. The maximum Gasteiger partial charge on any atom is 0.272 e. The van der Waals surface area contributed by atoms with E-state index in [0.29, 0.717) is 25.3 Å². The Hall–Kier alpha value is -3.61. The number of nitrogens with zero attached hydrogens (tertiary/aromatic N) is 3. The third kappa shape index (κ3) is 7.11. The molecule has 0 radical (unpaired) electrons. The third-order valence-corrected chi connectivity index (χ3v) is 13.5. The number of hydrogen-bond acceptors (Lipinski definition) is 8. The Morgan fingerprint density at radius 1 is 0.961 bits per heavy atom. The average molecular weight is 708 g/mol. The first kappa shape index (κ1) is 37.2. The Balaban J connectivity index is 1.26. The number of likely N-dealkylation sites (tertiary alicyclic amines) is 1. The minimum atomic E-state index is -1.54. The molecule has 13 heteroatoms. The molecule has 280 valence electrons. The van der Waals surface area contributed by atoms with Gasteiger partial charge in [0.15, 0.2) is 6.10 Å². The van der Waals surface area contributed by atoms with Crippen LogP contribution < -0.4 is 21.7 Å². The number of carbonyl (C=O) groups excluding carboxylic acids is 5. The minimum absolute atomic E-state index is 0.0931. The summed E-state index contributed by atoms with van der Waals surface area (Å²) in [4.78, 5) is 78.6. The number of aliphatic hydroxyl groups is 1. The fourth-order valence-corrected chi connectivity index (χ4v) is 9.92. The van der Waals surface area contributed by atoms with Crippen molar-refractivity contribution >= 4 is 29.5 Å². The molecule has 0 aromatic carbocycles. The van der Waals surface area contributed by atoms with Gasteiger partial charge in [0.2, 0.25) is 23.6 Å². The Labute approximate surface area is 301 Å². The van der Waals surface area contributed by atoms with Crippen LogP contribution in [0.5, 0.6) is 0 Å². The molecule has 7 atom stereocenters. The number of nitrogens with two attached hydrogens (primary N) is 1. The van der Waals surface area contributed by atoms with E-state index in [0.717, 1.165) is 70.6 Å². The van der Waals surface area contributed by atoms with E-state index in [1.54, 1.807) is 4.90 Å². The molecule has 13 nitrogen and oxygen atoms in total. The predicted molar refractivity (Wildman–Crippen MR) is 188 cm³/mol. The van der Waals surface area contributed by atoms with Crippen LogP contribution in [-0.4, -0.2) is 86.3 Å². The number of aliphatic hydroxyl groups excluding tert-OH is 1. The molecule has 2 spiro atoms. The van der Waals surface area contributed by atoms with Gasteiger partial charge in [-0.2, -0.15) is 0 Å². The molecular formula is C38H57N7O6. The number of fused-ring (bicyclic) bond motifs is 1. The van der Waals surface area contributed by atoms with Crippen molar-refractivity contribution in [1.29, 1.82) is 0 Å². The summed E-state index contributed by atoms with van der Waals surface area (Å²) in [7, 11) is 0. The van der Waals surface area contributed by atoms with Crippen LogP contribution in [0.2, 0.25) is 0 Å². The number of nitrogens with one attached hydrogen (secondary N) is 3. The molecule has 5 fully saturated rings. The zero-order chi connectivity index (χ0) is 36.7. The monoisotopic (exact) mass is 707 g/mol. The van der Waals surface area contributed by atoms with Gasteiger partial charge in [-0.15, -0.1) is 0 Å². The molecule has 6 N–H and O–H groups in total. The number of aromatic nitrogens is 2. The van der Waals surface area contributed by atoms with Crippen LogP contribution in [0.1, 0.15) is 122 Å². The fraction of sp³-hybridized carbons (Fsp3) is 0.763. The quantitative estimate of drug-likeness (QED) is 0.219. The van der Waals surface area contributed by atoms with E-state index >= 15 is 0 Å². The molecule has 1 saturated heterocycles. The van der Waals surface area contributed by atoms with E-state index in [2.05, 4.69) is 32.8 Å². The molecular weight excluding hydrogens is 650 g/mol. The summed E-state index contributed by atoms with van der Waals surface area (Å²) in [6.07, 6.45) is 14.3. The lowest BCUT2D eigenvalue weighted by molar-refractivity contribution is -0.145. The van der Waals surface area contributed by atoms with Crippen molar-refractivity contribution < 1.29 is 29.1 Å². The smallest absolute Gasteiger partial charge is 0.272 e. The first-order valence-electron chi connectivity index (χ1n) is 19.1. The summed E-state index contributed by atoms with van der Waals surface area (Å²) in [6, 6.07) is -3.57. The first-order chi connectivity index (χ1) is 24.2.